The number of rotatable bonds is 11. The molecule has 3 nitrogen and oxygen atoms in total. The molecule has 1 aromatic heterocycles. The van der Waals surface area contributed by atoms with Crippen LogP contribution < -0.4 is 9.80 Å². The van der Waals surface area contributed by atoms with E-state index in [0.717, 1.165) is 84.7 Å². The first-order valence-corrected chi connectivity index (χ1v) is 46.0. The van der Waals surface area contributed by atoms with Gasteiger partial charge in [0, 0.05) is 44.9 Å². The first-order valence-electron chi connectivity index (χ1n) is 46.0. The van der Waals surface area contributed by atoms with Crippen molar-refractivity contribution in [1.29, 1.82) is 0 Å². The Bertz CT molecular complexity index is 8780. The molecule has 0 N–H and O–H groups in total. The molecule has 614 valence electrons. The van der Waals surface area contributed by atoms with E-state index < -0.39 is 5.41 Å². The van der Waals surface area contributed by atoms with Gasteiger partial charge in [0.2, 0.25) is 0 Å². The molecule has 0 fully saturated rings. The monoisotopic (exact) mass is 1670 g/mol. The number of fused-ring (bicyclic) bond motifs is 31. The number of para-hydroxylation sites is 1. The van der Waals surface area contributed by atoms with E-state index >= 15 is 0 Å². The molecule has 24 aromatic rings. The van der Waals surface area contributed by atoms with Gasteiger partial charge in [0.1, 0.15) is 11.2 Å². The first kappa shape index (κ1) is 75.2. The minimum absolute atomic E-state index is 0.512. The summed E-state index contributed by atoms with van der Waals surface area (Å²) in [5.74, 6) is 0. The predicted molar refractivity (Wildman–Crippen MR) is 555 cm³/mol. The highest BCUT2D eigenvalue weighted by Gasteiger charge is 2.52. The van der Waals surface area contributed by atoms with Crippen LogP contribution in [-0.4, -0.2) is 0 Å². The number of hydrogen-bond donors (Lipinski definition) is 0. The lowest BCUT2D eigenvalue weighted by molar-refractivity contribution is 0.669. The largest absolute Gasteiger partial charge is 0.456 e. The number of hydrogen-bond acceptors (Lipinski definition) is 3. The molecule has 1 spiro atoms. The molecule has 0 amide bonds. The quantitative estimate of drug-likeness (QED) is 0.120. The third-order valence-electron chi connectivity index (χ3n) is 29.0. The lowest BCUT2D eigenvalue weighted by atomic mass is 9.70. The standard InChI is InChI=1S/C129H82N2O/c1-2-24-81(25-3-1)82-50-60-93(61-51-82)130(96-66-56-85(57-67-96)102-40-22-42-116-106-31-9-8-30-104(106)105-32-10-12-38-114(105)127(102)116)97-68-71-101-92(76-97)75-89-27-5-7-29-100(89)99-28-6-4-26-88(99)74-90-48-49-91(79-118(90)101)103-41-23-43-117-119-77-86(58-70-108(119)107-33-11-13-39-115(107)128(103)117)83-52-62-94(63-53-83)131(95-64-54-84(55-65-95)87-59-73-126-120(78-87)113-37-17-21-47-125(113)132-126)98-69-72-112-111-36-16-20-46-123(111)129(124(112)80-98)121-44-18-14-34-109(121)110-35-15-19-45-122(110)129/h1-73,76-80H,74-75H2. The van der Waals surface area contributed by atoms with E-state index in [9.17, 15) is 0 Å². The Balaban J connectivity index is 0.587. The highest BCUT2D eigenvalue weighted by Crippen LogP contribution is 2.64. The third kappa shape index (κ3) is 11.8. The van der Waals surface area contributed by atoms with Gasteiger partial charge in [-0.25, -0.2) is 0 Å². The van der Waals surface area contributed by atoms with Crippen LogP contribution >= 0.6 is 0 Å². The van der Waals surface area contributed by atoms with Crippen LogP contribution in [-0.2, 0) is 18.3 Å². The van der Waals surface area contributed by atoms with E-state index in [2.05, 4.69) is 477 Å². The third-order valence-corrected chi connectivity index (χ3v) is 29.0. The van der Waals surface area contributed by atoms with E-state index in [1.54, 1.807) is 0 Å². The van der Waals surface area contributed by atoms with Gasteiger partial charge >= 0.3 is 0 Å². The molecule has 132 heavy (non-hydrogen) atoms. The first-order chi connectivity index (χ1) is 65.4. The Labute approximate surface area is 765 Å². The Morgan fingerprint density at radius 3 is 1.05 bits per heavy atom. The van der Waals surface area contributed by atoms with Gasteiger partial charge in [0.05, 0.1) is 5.41 Å². The summed E-state index contributed by atoms with van der Waals surface area (Å²) in [7, 11) is 0. The molecule has 0 aliphatic heterocycles. The van der Waals surface area contributed by atoms with Gasteiger partial charge in [-0.3, -0.25) is 0 Å². The maximum Gasteiger partial charge on any atom is 0.135 e. The van der Waals surface area contributed by atoms with Gasteiger partial charge in [-0.05, 0) is 325 Å². The molecule has 0 bridgehead atoms. The molecule has 0 radical (unpaired) electrons. The molecule has 3 aliphatic rings. The summed E-state index contributed by atoms with van der Waals surface area (Å²) in [5.41, 5.74) is 39.9. The molecule has 0 saturated heterocycles. The van der Waals surface area contributed by atoms with Crippen molar-refractivity contribution in [2.24, 2.45) is 0 Å². The fourth-order valence-corrected chi connectivity index (χ4v) is 23.0. The van der Waals surface area contributed by atoms with Crippen molar-refractivity contribution in [2.75, 3.05) is 9.80 Å². The van der Waals surface area contributed by atoms with Crippen LogP contribution in [0.4, 0.5) is 34.1 Å². The highest BCUT2D eigenvalue weighted by atomic mass is 16.3. The van der Waals surface area contributed by atoms with Crippen molar-refractivity contribution in [2.45, 2.75) is 18.3 Å². The lowest BCUT2D eigenvalue weighted by Crippen LogP contribution is -2.26. The molecule has 3 heteroatoms. The van der Waals surface area contributed by atoms with Crippen molar-refractivity contribution >= 4 is 121 Å². The van der Waals surface area contributed by atoms with Crippen molar-refractivity contribution in [3.63, 3.8) is 0 Å². The van der Waals surface area contributed by atoms with Crippen LogP contribution in [0.15, 0.2) is 478 Å². The van der Waals surface area contributed by atoms with Gasteiger partial charge in [0.25, 0.3) is 0 Å². The Morgan fingerprint density at radius 2 is 0.492 bits per heavy atom. The number of anilines is 6. The van der Waals surface area contributed by atoms with Gasteiger partial charge < -0.3 is 14.2 Å². The molecule has 23 aromatic carbocycles. The predicted octanol–water partition coefficient (Wildman–Crippen LogP) is 35.0. The summed E-state index contributed by atoms with van der Waals surface area (Å²) in [6.45, 7) is 0. The highest BCUT2D eigenvalue weighted by molar-refractivity contribution is 6.30. The van der Waals surface area contributed by atoms with E-state index in [4.69, 9.17) is 4.42 Å². The summed E-state index contributed by atoms with van der Waals surface area (Å²) in [5, 5.41) is 17.2. The van der Waals surface area contributed by atoms with E-state index in [0.29, 0.717) is 6.42 Å². The number of benzene rings is 23. The normalized spacial score (nSPS) is 12.7. The summed E-state index contributed by atoms with van der Waals surface area (Å²) in [4.78, 5) is 4.93. The summed E-state index contributed by atoms with van der Waals surface area (Å²) in [6.07, 6.45) is 1.47. The fourth-order valence-electron chi connectivity index (χ4n) is 23.0. The van der Waals surface area contributed by atoms with Gasteiger partial charge in [0.15, 0.2) is 0 Å². The van der Waals surface area contributed by atoms with Gasteiger partial charge in [-0.2, -0.15) is 0 Å². The molecule has 27 rings (SSSR count). The zero-order valence-corrected chi connectivity index (χ0v) is 72.3. The number of nitrogens with zero attached hydrogens (tertiary/aromatic N) is 2. The smallest absolute Gasteiger partial charge is 0.135 e. The zero-order chi connectivity index (χ0) is 86.6. The van der Waals surface area contributed by atoms with Gasteiger partial charge in [-0.1, -0.05) is 370 Å². The van der Waals surface area contributed by atoms with Crippen LogP contribution in [0, 0.1) is 0 Å². The molecule has 0 unspecified atom stereocenters. The van der Waals surface area contributed by atoms with E-state index in [1.807, 2.05) is 6.07 Å². The second-order valence-electron chi connectivity index (χ2n) is 35.9. The Kier molecular flexibility index (Phi) is 17.1. The second kappa shape index (κ2) is 30.1. The van der Waals surface area contributed by atoms with E-state index in [-0.39, 0.29) is 0 Å². The zero-order valence-electron chi connectivity index (χ0n) is 72.3. The number of furan rings is 1. The van der Waals surface area contributed by atoms with Crippen LogP contribution in [0.25, 0.3) is 187 Å². The Hall–Kier alpha value is -17.0. The maximum atomic E-state index is 6.32. The maximum absolute atomic E-state index is 6.32. The van der Waals surface area contributed by atoms with E-state index in [1.165, 1.54) is 187 Å². The molecule has 3 aliphatic carbocycles. The lowest BCUT2D eigenvalue weighted by Gasteiger charge is -2.32. The van der Waals surface area contributed by atoms with Crippen molar-refractivity contribution in [3.05, 3.63) is 518 Å². The molecule has 0 atom stereocenters. The minimum atomic E-state index is -0.512. The fraction of sp³-hybridized carbons (Fsp3) is 0.0233. The van der Waals surface area contributed by atoms with Crippen LogP contribution in [0.2, 0.25) is 0 Å². The summed E-state index contributed by atoms with van der Waals surface area (Å²) >= 11 is 0. The van der Waals surface area contributed by atoms with Crippen molar-refractivity contribution in [1.82, 2.24) is 0 Å². The second-order valence-corrected chi connectivity index (χ2v) is 35.9. The summed E-state index contributed by atoms with van der Waals surface area (Å²) < 4.78 is 6.32. The summed E-state index contributed by atoms with van der Waals surface area (Å²) in [6, 6.07) is 178. The van der Waals surface area contributed by atoms with Crippen LogP contribution in [0.3, 0.4) is 0 Å². The SMILES string of the molecule is c1ccc(-c2ccc(N(c3ccc(-c4cccc5c6ccccc6c6ccccc6c45)cc3)c3ccc4c(c3)Cc3ccccc3-c3ccccc3Cc3ccc(-c5cccc6c7cc(-c8ccc(N(c9ccc(-c%10ccc%11oc%12ccccc%12c%11c%10)cc9)c9ccc%10c(c9)C9(c%11ccccc%11-c%11ccccc%119)c9ccccc9-%10)cc8)ccc7c7ccccc7c56)cc3-4)cc2)cc1. The molecule has 1 heterocycles. The average molecular weight is 1680 g/mol. The molecular formula is C129H82N2O. The molecule has 0 saturated carbocycles. The van der Waals surface area contributed by atoms with Gasteiger partial charge in [-0.15, -0.1) is 0 Å². The van der Waals surface area contributed by atoms with Crippen molar-refractivity contribution < 1.29 is 4.42 Å². The Morgan fingerprint density at radius 1 is 0.159 bits per heavy atom. The van der Waals surface area contributed by atoms with Crippen LogP contribution in [0.5, 0.6) is 0 Å². The minimum Gasteiger partial charge on any atom is -0.456 e. The average Bonchev–Trinajstić information content (AvgIpc) is 1.50. The van der Waals surface area contributed by atoms with Crippen LogP contribution in [0.1, 0.15) is 44.5 Å². The molecular weight excluding hydrogens is 1590 g/mol. The topological polar surface area (TPSA) is 19.6 Å². The van der Waals surface area contributed by atoms with Crippen molar-refractivity contribution in [3.8, 4) is 100 Å².